The van der Waals surface area contributed by atoms with Gasteiger partial charge in [0.15, 0.2) is 0 Å². The molecule has 0 bridgehead atoms. The lowest BCUT2D eigenvalue weighted by Crippen LogP contribution is -2.45. The van der Waals surface area contributed by atoms with Crippen molar-refractivity contribution in [2.75, 3.05) is 26.2 Å². The Labute approximate surface area is 102 Å². The summed E-state index contributed by atoms with van der Waals surface area (Å²) in [5.41, 5.74) is 6.89. The van der Waals surface area contributed by atoms with Gasteiger partial charge in [0.2, 0.25) is 0 Å². The summed E-state index contributed by atoms with van der Waals surface area (Å²) >= 11 is 0. The molecule has 2 heterocycles. The number of pyridine rings is 1. The lowest BCUT2D eigenvalue weighted by atomic mass is 10.2. The number of nitrogens with zero attached hydrogens (tertiary/aromatic N) is 2. The molecule has 5 heteroatoms. The van der Waals surface area contributed by atoms with Crippen LogP contribution in [0.2, 0.25) is 0 Å². The SMILES string of the molecule is Cl.NCC1CN(Cc2ccncc2)CCO1. The van der Waals surface area contributed by atoms with Gasteiger partial charge >= 0.3 is 0 Å². The Morgan fingerprint density at radius 1 is 1.44 bits per heavy atom. The van der Waals surface area contributed by atoms with Crippen LogP contribution in [0.5, 0.6) is 0 Å². The smallest absolute Gasteiger partial charge is 0.0824 e. The molecule has 0 aromatic carbocycles. The molecule has 0 radical (unpaired) electrons. The van der Waals surface area contributed by atoms with Gasteiger partial charge in [0.25, 0.3) is 0 Å². The molecule has 1 aliphatic rings. The van der Waals surface area contributed by atoms with Crippen molar-refractivity contribution < 1.29 is 4.74 Å². The van der Waals surface area contributed by atoms with Gasteiger partial charge in [-0.1, -0.05) is 0 Å². The fourth-order valence-corrected chi connectivity index (χ4v) is 1.81. The Morgan fingerprint density at radius 2 is 2.19 bits per heavy atom. The van der Waals surface area contributed by atoms with Gasteiger partial charge in [-0.3, -0.25) is 9.88 Å². The lowest BCUT2D eigenvalue weighted by molar-refractivity contribution is -0.0260. The molecule has 0 aliphatic carbocycles. The summed E-state index contributed by atoms with van der Waals surface area (Å²) in [6.45, 7) is 4.26. The van der Waals surface area contributed by atoms with Crippen molar-refractivity contribution in [2.24, 2.45) is 5.73 Å². The number of hydrogen-bond acceptors (Lipinski definition) is 4. The Kier molecular flexibility index (Phi) is 5.69. The Bertz CT molecular complexity index is 297. The molecule has 1 aliphatic heterocycles. The van der Waals surface area contributed by atoms with Gasteiger partial charge < -0.3 is 10.5 Å². The fraction of sp³-hybridized carbons (Fsp3) is 0.545. The molecular formula is C11H18ClN3O. The molecule has 1 unspecified atom stereocenters. The minimum absolute atomic E-state index is 0. The van der Waals surface area contributed by atoms with Crippen LogP contribution in [0.4, 0.5) is 0 Å². The zero-order chi connectivity index (χ0) is 10.5. The van der Waals surface area contributed by atoms with Crippen LogP contribution in [-0.2, 0) is 11.3 Å². The fourth-order valence-electron chi connectivity index (χ4n) is 1.81. The average molecular weight is 244 g/mol. The van der Waals surface area contributed by atoms with Crippen molar-refractivity contribution in [1.29, 1.82) is 0 Å². The predicted octanol–water partition coefficient (Wildman–Crippen LogP) is 0.663. The first-order valence-electron chi connectivity index (χ1n) is 5.31. The van der Waals surface area contributed by atoms with Crippen LogP contribution < -0.4 is 5.73 Å². The van der Waals surface area contributed by atoms with Gasteiger partial charge in [-0.2, -0.15) is 0 Å². The first-order valence-corrected chi connectivity index (χ1v) is 5.31. The zero-order valence-electron chi connectivity index (χ0n) is 9.21. The van der Waals surface area contributed by atoms with E-state index in [1.165, 1.54) is 5.56 Å². The van der Waals surface area contributed by atoms with Crippen molar-refractivity contribution in [3.8, 4) is 0 Å². The topological polar surface area (TPSA) is 51.4 Å². The normalized spacial score (nSPS) is 21.4. The molecule has 1 atom stereocenters. The summed E-state index contributed by atoms with van der Waals surface area (Å²) in [5, 5.41) is 0. The molecule has 90 valence electrons. The van der Waals surface area contributed by atoms with Crippen molar-refractivity contribution in [3.63, 3.8) is 0 Å². The summed E-state index contributed by atoms with van der Waals surface area (Å²) in [7, 11) is 0. The van der Waals surface area contributed by atoms with Gasteiger partial charge in [-0.15, -0.1) is 12.4 Å². The van der Waals surface area contributed by atoms with Crippen LogP contribution in [0.1, 0.15) is 5.56 Å². The van der Waals surface area contributed by atoms with Crippen LogP contribution in [0, 0.1) is 0 Å². The van der Waals surface area contributed by atoms with Crippen molar-refractivity contribution >= 4 is 12.4 Å². The van der Waals surface area contributed by atoms with E-state index in [4.69, 9.17) is 10.5 Å². The van der Waals surface area contributed by atoms with E-state index < -0.39 is 0 Å². The Hall–Kier alpha value is -0.680. The first-order chi connectivity index (χ1) is 7.38. The highest BCUT2D eigenvalue weighted by atomic mass is 35.5. The summed E-state index contributed by atoms with van der Waals surface area (Å²) in [4.78, 5) is 6.38. The molecule has 2 N–H and O–H groups in total. The molecule has 2 rings (SSSR count). The molecule has 16 heavy (non-hydrogen) atoms. The van der Waals surface area contributed by atoms with E-state index in [1.807, 2.05) is 24.5 Å². The highest BCUT2D eigenvalue weighted by molar-refractivity contribution is 5.85. The average Bonchev–Trinajstić information content (AvgIpc) is 2.31. The third-order valence-electron chi connectivity index (χ3n) is 2.64. The number of halogens is 1. The molecule has 1 aromatic heterocycles. The monoisotopic (exact) mass is 243 g/mol. The largest absolute Gasteiger partial charge is 0.374 e. The second-order valence-corrected chi connectivity index (χ2v) is 3.82. The van der Waals surface area contributed by atoms with Crippen molar-refractivity contribution in [1.82, 2.24) is 9.88 Å². The third-order valence-corrected chi connectivity index (χ3v) is 2.64. The van der Waals surface area contributed by atoms with E-state index in [1.54, 1.807) is 0 Å². The number of morpholine rings is 1. The second kappa shape index (κ2) is 6.81. The Morgan fingerprint density at radius 3 is 2.88 bits per heavy atom. The first kappa shape index (κ1) is 13.4. The molecule has 1 fully saturated rings. The van der Waals surface area contributed by atoms with Crippen LogP contribution in [0.3, 0.4) is 0 Å². The lowest BCUT2D eigenvalue weighted by Gasteiger charge is -2.32. The molecule has 0 amide bonds. The van der Waals surface area contributed by atoms with Gasteiger partial charge in [0.1, 0.15) is 0 Å². The zero-order valence-corrected chi connectivity index (χ0v) is 10.0. The molecule has 1 saturated heterocycles. The summed E-state index contributed by atoms with van der Waals surface area (Å²) in [5.74, 6) is 0. The highest BCUT2D eigenvalue weighted by Gasteiger charge is 2.18. The molecule has 0 saturated carbocycles. The third kappa shape index (κ3) is 3.72. The van der Waals surface area contributed by atoms with E-state index in [2.05, 4.69) is 9.88 Å². The van der Waals surface area contributed by atoms with E-state index in [9.17, 15) is 0 Å². The number of nitrogens with two attached hydrogens (primary N) is 1. The predicted molar refractivity (Wildman–Crippen MR) is 65.6 cm³/mol. The van der Waals surface area contributed by atoms with Crippen LogP contribution in [0.15, 0.2) is 24.5 Å². The minimum atomic E-state index is 0. The summed E-state index contributed by atoms with van der Waals surface area (Å²) < 4.78 is 5.52. The quantitative estimate of drug-likeness (QED) is 0.848. The van der Waals surface area contributed by atoms with Crippen LogP contribution in [-0.4, -0.2) is 42.2 Å². The Balaban J connectivity index is 0.00000128. The van der Waals surface area contributed by atoms with Crippen LogP contribution >= 0.6 is 12.4 Å². The summed E-state index contributed by atoms with van der Waals surface area (Å²) in [6.07, 6.45) is 3.85. The van der Waals surface area contributed by atoms with E-state index in [0.29, 0.717) is 6.54 Å². The van der Waals surface area contributed by atoms with E-state index >= 15 is 0 Å². The summed E-state index contributed by atoms with van der Waals surface area (Å²) in [6, 6.07) is 4.10. The maximum Gasteiger partial charge on any atom is 0.0824 e. The minimum Gasteiger partial charge on any atom is -0.374 e. The molecule has 1 aromatic rings. The van der Waals surface area contributed by atoms with Crippen LogP contribution in [0.25, 0.3) is 0 Å². The number of hydrogen-bond donors (Lipinski definition) is 1. The second-order valence-electron chi connectivity index (χ2n) is 3.82. The maximum absolute atomic E-state index is 5.60. The number of rotatable bonds is 3. The molecular weight excluding hydrogens is 226 g/mol. The number of aromatic nitrogens is 1. The van der Waals surface area contributed by atoms with Gasteiger partial charge in [0.05, 0.1) is 12.7 Å². The standard InChI is InChI=1S/C11H17N3O.ClH/c12-7-11-9-14(5-6-15-11)8-10-1-3-13-4-2-10;/h1-4,11H,5-9,12H2;1H. The van der Waals surface area contributed by atoms with Crippen molar-refractivity contribution in [2.45, 2.75) is 12.6 Å². The van der Waals surface area contributed by atoms with E-state index in [0.717, 1.165) is 26.2 Å². The molecule has 0 spiro atoms. The highest BCUT2D eigenvalue weighted by Crippen LogP contribution is 2.08. The number of ether oxygens (including phenoxy) is 1. The van der Waals surface area contributed by atoms with Crippen molar-refractivity contribution in [3.05, 3.63) is 30.1 Å². The van der Waals surface area contributed by atoms with Gasteiger partial charge in [-0.25, -0.2) is 0 Å². The van der Waals surface area contributed by atoms with Gasteiger partial charge in [-0.05, 0) is 17.7 Å². The van der Waals surface area contributed by atoms with E-state index in [-0.39, 0.29) is 18.5 Å². The molecule has 4 nitrogen and oxygen atoms in total. The van der Waals surface area contributed by atoms with Gasteiger partial charge in [0, 0.05) is 38.6 Å². The maximum atomic E-state index is 5.60.